The summed E-state index contributed by atoms with van der Waals surface area (Å²) in [5.74, 6) is -2.01. The van der Waals surface area contributed by atoms with Gasteiger partial charge in [-0.05, 0) is 29.9 Å². The standard InChI is InChI=1S/C40H60N2O6/c1-4-5-6-7-8-9-10-11-12-13-14-15-22-27-36(43)42-38(32(2)3)39(45)41-35(40(46)48-31-34-25-20-17-21-26-34)28-29-37(44)47-30-33-23-18-16-19-24-33/h16-21,23-26,32,35,38H,4-15,22,27-31H2,1-3H3,(H,41,45)(H,42,43)/t35-,38-/m0/s1. The van der Waals surface area contributed by atoms with Crippen molar-refractivity contribution < 1.29 is 28.7 Å². The third kappa shape index (κ3) is 18.6. The molecule has 0 heterocycles. The summed E-state index contributed by atoms with van der Waals surface area (Å²) in [6, 6.07) is 16.7. The Kier molecular flexibility index (Phi) is 21.4. The zero-order chi connectivity index (χ0) is 34.8. The number of carbonyl (C=O) groups excluding carboxylic acids is 4. The highest BCUT2D eigenvalue weighted by atomic mass is 16.5. The Morgan fingerprint density at radius 2 is 1.08 bits per heavy atom. The van der Waals surface area contributed by atoms with Crippen LogP contribution in [0.15, 0.2) is 60.7 Å². The third-order valence-electron chi connectivity index (χ3n) is 8.48. The SMILES string of the molecule is CCCCCCCCCCCCCCCC(=O)N[C@H](C(=O)N[C@@H](CCC(=O)OCc1ccccc1)C(=O)OCc1ccccc1)C(C)C. The van der Waals surface area contributed by atoms with Crippen molar-refractivity contribution in [3.05, 3.63) is 71.8 Å². The fourth-order valence-corrected chi connectivity index (χ4v) is 5.50. The number of ether oxygens (including phenoxy) is 2. The Labute approximate surface area is 289 Å². The van der Waals surface area contributed by atoms with Crippen LogP contribution in [0.25, 0.3) is 0 Å². The average Bonchev–Trinajstić information content (AvgIpc) is 3.09. The van der Waals surface area contributed by atoms with Gasteiger partial charge in [-0.3, -0.25) is 14.4 Å². The molecule has 2 atom stereocenters. The quantitative estimate of drug-likeness (QED) is 0.0773. The molecule has 48 heavy (non-hydrogen) atoms. The van der Waals surface area contributed by atoms with E-state index in [1.807, 2.05) is 74.5 Å². The number of hydrogen-bond acceptors (Lipinski definition) is 6. The van der Waals surface area contributed by atoms with E-state index in [4.69, 9.17) is 9.47 Å². The van der Waals surface area contributed by atoms with Crippen molar-refractivity contribution in [1.29, 1.82) is 0 Å². The molecular formula is C40H60N2O6. The summed E-state index contributed by atoms with van der Waals surface area (Å²) < 4.78 is 10.9. The molecule has 0 radical (unpaired) electrons. The van der Waals surface area contributed by atoms with Crippen molar-refractivity contribution in [1.82, 2.24) is 10.6 Å². The number of nitrogens with one attached hydrogen (secondary N) is 2. The smallest absolute Gasteiger partial charge is 0.328 e. The molecule has 2 N–H and O–H groups in total. The van der Waals surface area contributed by atoms with Crippen molar-refractivity contribution in [2.45, 2.75) is 149 Å². The normalized spacial score (nSPS) is 12.2. The van der Waals surface area contributed by atoms with Gasteiger partial charge in [0.15, 0.2) is 0 Å². The van der Waals surface area contributed by atoms with E-state index in [2.05, 4.69) is 17.6 Å². The molecule has 0 aromatic heterocycles. The number of hydrogen-bond donors (Lipinski definition) is 2. The molecule has 2 aromatic carbocycles. The van der Waals surface area contributed by atoms with Crippen LogP contribution in [0.4, 0.5) is 0 Å². The molecule has 0 saturated carbocycles. The summed E-state index contributed by atoms with van der Waals surface area (Å²) in [4.78, 5) is 51.9. The molecule has 0 aliphatic carbocycles. The monoisotopic (exact) mass is 664 g/mol. The number of unbranched alkanes of at least 4 members (excludes halogenated alkanes) is 12. The molecule has 2 rings (SSSR count). The van der Waals surface area contributed by atoms with Crippen molar-refractivity contribution >= 4 is 23.8 Å². The maximum absolute atomic E-state index is 13.4. The minimum Gasteiger partial charge on any atom is -0.461 e. The Morgan fingerprint density at radius 1 is 0.604 bits per heavy atom. The minimum absolute atomic E-state index is 0.00467. The van der Waals surface area contributed by atoms with Crippen LogP contribution in [0.3, 0.4) is 0 Å². The topological polar surface area (TPSA) is 111 Å². The molecule has 0 aliphatic heterocycles. The number of rotatable bonds is 26. The first-order chi connectivity index (χ1) is 23.3. The second-order valence-corrected chi connectivity index (χ2v) is 13.1. The van der Waals surface area contributed by atoms with Crippen molar-refractivity contribution in [3.63, 3.8) is 0 Å². The molecule has 2 amide bonds. The maximum Gasteiger partial charge on any atom is 0.328 e. The molecule has 0 spiro atoms. The summed E-state index contributed by atoms with van der Waals surface area (Å²) in [5.41, 5.74) is 1.66. The number of carbonyl (C=O) groups is 4. The van der Waals surface area contributed by atoms with E-state index < -0.39 is 29.9 Å². The molecule has 0 saturated heterocycles. The van der Waals surface area contributed by atoms with Crippen LogP contribution in [0.5, 0.6) is 0 Å². The Morgan fingerprint density at radius 3 is 1.58 bits per heavy atom. The second kappa shape index (κ2) is 25.4. The van der Waals surface area contributed by atoms with Crippen molar-refractivity contribution in [2.75, 3.05) is 0 Å². The predicted molar refractivity (Wildman–Crippen MR) is 191 cm³/mol. The van der Waals surface area contributed by atoms with E-state index in [0.29, 0.717) is 6.42 Å². The first kappa shape index (κ1) is 40.5. The van der Waals surface area contributed by atoms with Gasteiger partial charge in [-0.2, -0.15) is 0 Å². The summed E-state index contributed by atoms with van der Waals surface area (Å²) in [6.45, 7) is 6.10. The van der Waals surface area contributed by atoms with E-state index >= 15 is 0 Å². The van der Waals surface area contributed by atoms with Crippen molar-refractivity contribution in [2.24, 2.45) is 5.92 Å². The van der Waals surface area contributed by atoms with Crippen LogP contribution in [0, 0.1) is 5.92 Å². The van der Waals surface area contributed by atoms with Gasteiger partial charge in [-0.15, -0.1) is 0 Å². The van der Waals surface area contributed by atoms with E-state index in [1.54, 1.807) is 0 Å². The molecule has 0 aliphatic rings. The second-order valence-electron chi connectivity index (χ2n) is 13.1. The van der Waals surface area contributed by atoms with E-state index in [9.17, 15) is 19.2 Å². The molecule has 0 unspecified atom stereocenters. The highest BCUT2D eigenvalue weighted by molar-refractivity contribution is 5.91. The zero-order valence-corrected chi connectivity index (χ0v) is 29.7. The van der Waals surface area contributed by atoms with Gasteiger partial charge >= 0.3 is 11.9 Å². The van der Waals surface area contributed by atoms with Gasteiger partial charge in [0.25, 0.3) is 0 Å². The maximum atomic E-state index is 13.4. The van der Waals surface area contributed by atoms with Gasteiger partial charge in [-0.25, -0.2) is 4.79 Å². The molecule has 0 bridgehead atoms. The van der Waals surface area contributed by atoms with Gasteiger partial charge in [0.1, 0.15) is 25.3 Å². The minimum atomic E-state index is -1.08. The first-order valence-corrected chi connectivity index (χ1v) is 18.3. The lowest BCUT2D eigenvalue weighted by atomic mass is 10.0. The first-order valence-electron chi connectivity index (χ1n) is 18.3. The summed E-state index contributed by atoms with van der Waals surface area (Å²) >= 11 is 0. The molecule has 0 fully saturated rings. The van der Waals surface area contributed by atoms with Crippen LogP contribution in [0.1, 0.15) is 135 Å². The molecule has 8 heteroatoms. The number of benzene rings is 2. The Balaban J connectivity index is 1.80. The fraction of sp³-hybridized carbons (Fsp3) is 0.600. The molecular weight excluding hydrogens is 604 g/mol. The third-order valence-corrected chi connectivity index (χ3v) is 8.48. The predicted octanol–water partition coefficient (Wildman–Crippen LogP) is 8.36. The van der Waals surface area contributed by atoms with E-state index in [1.165, 1.54) is 64.2 Å². The van der Waals surface area contributed by atoms with Gasteiger partial charge in [-0.1, -0.05) is 158 Å². The van der Waals surface area contributed by atoms with Crippen LogP contribution in [-0.4, -0.2) is 35.8 Å². The Hall–Kier alpha value is -3.68. The molecule has 2 aromatic rings. The average molecular weight is 665 g/mol. The lowest BCUT2D eigenvalue weighted by molar-refractivity contribution is -0.151. The summed E-state index contributed by atoms with van der Waals surface area (Å²) in [7, 11) is 0. The van der Waals surface area contributed by atoms with Crippen LogP contribution >= 0.6 is 0 Å². The summed E-state index contributed by atoms with van der Waals surface area (Å²) in [6.07, 6.45) is 16.2. The Bertz CT molecular complexity index is 1170. The highest BCUT2D eigenvalue weighted by Crippen LogP contribution is 2.14. The van der Waals surface area contributed by atoms with E-state index in [-0.39, 0.29) is 37.9 Å². The summed E-state index contributed by atoms with van der Waals surface area (Å²) in [5, 5.41) is 5.62. The van der Waals surface area contributed by atoms with Crippen LogP contribution < -0.4 is 10.6 Å². The zero-order valence-electron chi connectivity index (χ0n) is 29.7. The lowest BCUT2D eigenvalue weighted by Crippen LogP contribution is -2.54. The van der Waals surface area contributed by atoms with Gasteiger partial charge in [0.05, 0.1) is 0 Å². The van der Waals surface area contributed by atoms with E-state index in [0.717, 1.165) is 30.4 Å². The fourth-order valence-electron chi connectivity index (χ4n) is 5.50. The van der Waals surface area contributed by atoms with Crippen LogP contribution in [-0.2, 0) is 41.9 Å². The number of amides is 2. The van der Waals surface area contributed by atoms with Crippen LogP contribution in [0.2, 0.25) is 0 Å². The van der Waals surface area contributed by atoms with Crippen molar-refractivity contribution in [3.8, 4) is 0 Å². The molecule has 8 nitrogen and oxygen atoms in total. The largest absolute Gasteiger partial charge is 0.461 e. The lowest BCUT2D eigenvalue weighted by Gasteiger charge is -2.25. The highest BCUT2D eigenvalue weighted by Gasteiger charge is 2.30. The number of esters is 2. The molecule has 266 valence electrons. The van der Waals surface area contributed by atoms with Gasteiger partial charge < -0.3 is 20.1 Å². The van der Waals surface area contributed by atoms with Gasteiger partial charge in [0.2, 0.25) is 11.8 Å². The van der Waals surface area contributed by atoms with Gasteiger partial charge in [0, 0.05) is 12.8 Å².